The van der Waals surface area contributed by atoms with Gasteiger partial charge in [-0.05, 0) is 48.2 Å². The Morgan fingerprint density at radius 2 is 1.73 bits per heavy atom. The van der Waals surface area contributed by atoms with Crippen molar-refractivity contribution in [2.45, 2.75) is 62.4 Å². The lowest BCUT2D eigenvalue weighted by Gasteiger charge is -2.36. The van der Waals surface area contributed by atoms with Gasteiger partial charge in [0.25, 0.3) is 0 Å². The van der Waals surface area contributed by atoms with Crippen molar-refractivity contribution in [3.8, 4) is 0 Å². The molecule has 11 nitrogen and oxygen atoms in total. The monoisotopic (exact) mass is 630 g/mol. The summed E-state index contributed by atoms with van der Waals surface area (Å²) >= 11 is 1.57. The first-order chi connectivity index (χ1) is 21.9. The summed E-state index contributed by atoms with van der Waals surface area (Å²) in [7, 11) is 1.90. The highest BCUT2D eigenvalue weighted by Gasteiger charge is 2.32. The van der Waals surface area contributed by atoms with Crippen LogP contribution in [0.15, 0.2) is 84.3 Å². The summed E-state index contributed by atoms with van der Waals surface area (Å²) in [5.41, 5.74) is 10.2. The fourth-order valence-electron chi connectivity index (χ4n) is 4.97. The van der Waals surface area contributed by atoms with E-state index >= 15 is 0 Å². The number of para-hydroxylation sites is 2. The summed E-state index contributed by atoms with van der Waals surface area (Å²) in [5.74, 6) is 0.389. The number of thioether (sulfide) groups is 1. The molecule has 3 atom stereocenters. The number of amides is 2. The number of nitrogens with one attached hydrogen (secondary N) is 2. The molecule has 0 spiro atoms. The first-order valence-corrected chi connectivity index (χ1v) is 15.9. The van der Waals surface area contributed by atoms with E-state index in [4.69, 9.17) is 15.2 Å². The SMILES string of the molecule is Cn1cnnc1SC[C@@H]1C[C@H](c2ccc(CO)cc2)O[C@H](c2cccc(NC(=O)CCCCC(=O)Nc3ccccc3N)c2)O1. The molecule has 1 saturated heterocycles. The molecular formula is C33H38N6O5S. The van der Waals surface area contributed by atoms with Gasteiger partial charge >= 0.3 is 0 Å². The van der Waals surface area contributed by atoms with Crippen molar-refractivity contribution in [2.24, 2.45) is 7.05 Å². The van der Waals surface area contributed by atoms with E-state index in [-0.39, 0.29) is 37.0 Å². The van der Waals surface area contributed by atoms with Gasteiger partial charge in [-0.25, -0.2) is 0 Å². The van der Waals surface area contributed by atoms with Crippen LogP contribution in [0.4, 0.5) is 17.1 Å². The van der Waals surface area contributed by atoms with Crippen LogP contribution >= 0.6 is 11.8 Å². The van der Waals surface area contributed by atoms with Crippen LogP contribution < -0.4 is 16.4 Å². The van der Waals surface area contributed by atoms with E-state index in [0.29, 0.717) is 48.5 Å². The predicted molar refractivity (Wildman–Crippen MR) is 173 cm³/mol. The third kappa shape index (κ3) is 9.14. The molecule has 5 N–H and O–H groups in total. The number of aromatic nitrogens is 3. The summed E-state index contributed by atoms with van der Waals surface area (Å²) in [6.45, 7) is -0.0217. The maximum absolute atomic E-state index is 12.7. The average Bonchev–Trinajstić information content (AvgIpc) is 3.47. The summed E-state index contributed by atoms with van der Waals surface area (Å²) < 4.78 is 14.7. The van der Waals surface area contributed by atoms with E-state index in [0.717, 1.165) is 21.8 Å². The molecule has 4 aromatic rings. The number of nitrogens with zero attached hydrogens (tertiary/aromatic N) is 3. The number of hydrogen-bond acceptors (Lipinski definition) is 9. The van der Waals surface area contributed by atoms with Gasteiger partial charge in [-0.2, -0.15) is 0 Å². The minimum absolute atomic E-state index is 0.0217. The van der Waals surface area contributed by atoms with Gasteiger partial charge in [0.05, 0.1) is 30.2 Å². The van der Waals surface area contributed by atoms with E-state index in [1.54, 1.807) is 30.2 Å². The van der Waals surface area contributed by atoms with Crippen LogP contribution in [0.1, 0.15) is 61.2 Å². The molecule has 2 amide bonds. The number of benzene rings is 3. The first-order valence-electron chi connectivity index (χ1n) is 14.9. The Kier molecular flexibility index (Phi) is 11.2. The molecule has 0 saturated carbocycles. The van der Waals surface area contributed by atoms with Crippen LogP contribution in [-0.2, 0) is 32.7 Å². The van der Waals surface area contributed by atoms with Gasteiger partial charge in [0.1, 0.15) is 6.33 Å². The number of nitrogen functional groups attached to an aromatic ring is 1. The standard InChI is InChI=1S/C33H38N6O5S/c1-39-21-35-38-33(39)45-20-26-18-29(23-15-13-22(19-40)14-16-23)44-32(43-26)24-7-6-8-25(17-24)36-30(41)11-4-5-12-31(42)37-28-10-3-2-9-27(28)34/h2-3,6-10,13-17,21,26,29,32,40H,4-5,11-12,18-20,34H2,1H3,(H,36,41)(H,37,42)/t26-,29+,32+/m0/s1. The van der Waals surface area contributed by atoms with Gasteiger partial charge in [-0.1, -0.05) is 60.3 Å². The van der Waals surface area contributed by atoms with E-state index in [1.165, 1.54) is 0 Å². The van der Waals surface area contributed by atoms with Gasteiger partial charge in [0, 0.05) is 43.3 Å². The quantitative estimate of drug-likeness (QED) is 0.0868. The summed E-state index contributed by atoms with van der Waals surface area (Å²) in [4.78, 5) is 25.0. The van der Waals surface area contributed by atoms with Gasteiger partial charge in [-0.15, -0.1) is 10.2 Å². The molecule has 0 unspecified atom stereocenters. The molecule has 1 aliphatic heterocycles. The van der Waals surface area contributed by atoms with Crippen LogP contribution in [0.25, 0.3) is 0 Å². The van der Waals surface area contributed by atoms with Gasteiger partial charge in [-0.3, -0.25) is 9.59 Å². The number of aryl methyl sites for hydroxylation is 1. The van der Waals surface area contributed by atoms with Gasteiger partial charge < -0.3 is 35.5 Å². The number of nitrogens with two attached hydrogens (primary N) is 1. The summed E-state index contributed by atoms with van der Waals surface area (Å²) in [5, 5.41) is 24.2. The second kappa shape index (κ2) is 15.7. The lowest BCUT2D eigenvalue weighted by molar-refractivity contribution is -0.245. The molecule has 1 aliphatic rings. The largest absolute Gasteiger partial charge is 0.397 e. The lowest BCUT2D eigenvalue weighted by atomic mass is 10.0. The Labute approximate surface area is 266 Å². The smallest absolute Gasteiger partial charge is 0.224 e. The van der Waals surface area contributed by atoms with Crippen molar-refractivity contribution >= 4 is 40.6 Å². The van der Waals surface area contributed by atoms with Crippen molar-refractivity contribution in [1.29, 1.82) is 0 Å². The Hall–Kier alpha value is -4.23. The highest BCUT2D eigenvalue weighted by Crippen LogP contribution is 2.39. The molecule has 1 aromatic heterocycles. The number of carbonyl (C=O) groups is 2. The number of rotatable bonds is 13. The van der Waals surface area contributed by atoms with E-state index in [9.17, 15) is 14.7 Å². The Morgan fingerprint density at radius 1 is 0.978 bits per heavy atom. The molecule has 0 aliphatic carbocycles. The van der Waals surface area contributed by atoms with Gasteiger partial charge in [0.15, 0.2) is 11.4 Å². The molecule has 0 bridgehead atoms. The number of unbranched alkanes of at least 4 members (excludes halogenated alkanes) is 1. The highest BCUT2D eigenvalue weighted by atomic mass is 32.2. The molecule has 5 rings (SSSR count). The van der Waals surface area contributed by atoms with Gasteiger partial charge in [0.2, 0.25) is 11.8 Å². The van der Waals surface area contributed by atoms with Crippen molar-refractivity contribution in [3.05, 3.63) is 95.8 Å². The summed E-state index contributed by atoms with van der Waals surface area (Å²) in [6, 6.07) is 22.3. The molecule has 3 aromatic carbocycles. The fraction of sp³-hybridized carbons (Fsp3) is 0.333. The Bertz CT molecular complexity index is 1580. The normalized spacial score (nSPS) is 18.0. The van der Waals surface area contributed by atoms with E-state index < -0.39 is 6.29 Å². The van der Waals surface area contributed by atoms with Crippen LogP contribution in [-0.4, -0.2) is 43.5 Å². The molecule has 45 heavy (non-hydrogen) atoms. The van der Waals surface area contributed by atoms with Crippen molar-refractivity contribution in [1.82, 2.24) is 14.8 Å². The maximum Gasteiger partial charge on any atom is 0.224 e. The first kappa shape index (κ1) is 32.2. The number of anilines is 3. The molecule has 12 heteroatoms. The zero-order valence-corrected chi connectivity index (χ0v) is 25.9. The Balaban J connectivity index is 1.17. The summed E-state index contributed by atoms with van der Waals surface area (Å²) in [6.07, 6.45) is 3.03. The third-order valence-corrected chi connectivity index (χ3v) is 8.58. The average molecular weight is 631 g/mol. The van der Waals surface area contributed by atoms with Crippen molar-refractivity contribution in [2.75, 3.05) is 22.1 Å². The molecule has 1 fully saturated rings. The Morgan fingerprint density at radius 3 is 2.44 bits per heavy atom. The zero-order chi connectivity index (χ0) is 31.6. The zero-order valence-electron chi connectivity index (χ0n) is 25.1. The highest BCUT2D eigenvalue weighted by molar-refractivity contribution is 7.99. The fourth-order valence-corrected chi connectivity index (χ4v) is 5.88. The number of aliphatic hydroxyl groups is 1. The minimum Gasteiger partial charge on any atom is -0.397 e. The predicted octanol–water partition coefficient (Wildman–Crippen LogP) is 5.36. The van der Waals surface area contributed by atoms with Crippen molar-refractivity contribution in [3.63, 3.8) is 0 Å². The molecule has 0 radical (unpaired) electrons. The lowest BCUT2D eigenvalue weighted by Crippen LogP contribution is -2.31. The molecular weight excluding hydrogens is 592 g/mol. The molecule has 236 valence electrons. The van der Waals surface area contributed by atoms with Crippen LogP contribution in [0.5, 0.6) is 0 Å². The number of ether oxygens (including phenoxy) is 2. The maximum atomic E-state index is 12.7. The topological polar surface area (TPSA) is 154 Å². The second-order valence-corrected chi connectivity index (χ2v) is 11.9. The third-order valence-electron chi connectivity index (χ3n) is 7.42. The van der Waals surface area contributed by atoms with Crippen molar-refractivity contribution < 1.29 is 24.2 Å². The van der Waals surface area contributed by atoms with Crippen LogP contribution in [0.3, 0.4) is 0 Å². The number of hydrogen-bond donors (Lipinski definition) is 4. The van der Waals surface area contributed by atoms with E-state index in [1.807, 2.05) is 72.3 Å². The minimum atomic E-state index is -0.652. The van der Waals surface area contributed by atoms with Crippen LogP contribution in [0, 0.1) is 0 Å². The molecule has 2 heterocycles. The number of aliphatic hydroxyl groups excluding tert-OH is 1. The number of carbonyl (C=O) groups excluding carboxylic acids is 2. The second-order valence-electron chi connectivity index (χ2n) is 10.9. The van der Waals surface area contributed by atoms with E-state index in [2.05, 4.69) is 20.8 Å². The van der Waals surface area contributed by atoms with Crippen LogP contribution in [0.2, 0.25) is 0 Å².